The highest BCUT2D eigenvalue weighted by atomic mass is 16.3. The standard InChI is InChI=1S/C14H17NO/c1-3-12-6-4-5-7-14(12)15-10-13-9-8-11(2)16-13/h4-9,15H,3,10H2,1-2H3. The van der Waals surface area contributed by atoms with Gasteiger partial charge in [0, 0.05) is 5.69 Å². The van der Waals surface area contributed by atoms with Crippen LogP contribution >= 0.6 is 0 Å². The van der Waals surface area contributed by atoms with Gasteiger partial charge in [-0.15, -0.1) is 0 Å². The van der Waals surface area contributed by atoms with Gasteiger partial charge in [-0.3, -0.25) is 0 Å². The van der Waals surface area contributed by atoms with E-state index in [0.717, 1.165) is 24.5 Å². The van der Waals surface area contributed by atoms with E-state index in [0.29, 0.717) is 0 Å². The third kappa shape index (κ3) is 2.45. The third-order valence-corrected chi connectivity index (χ3v) is 2.65. The molecule has 2 nitrogen and oxygen atoms in total. The molecule has 1 N–H and O–H groups in total. The van der Waals surface area contributed by atoms with Crippen LogP contribution in [-0.4, -0.2) is 0 Å². The highest BCUT2D eigenvalue weighted by Crippen LogP contribution is 2.17. The Kier molecular flexibility index (Phi) is 3.30. The molecule has 0 saturated carbocycles. The van der Waals surface area contributed by atoms with Crippen LogP contribution in [0.5, 0.6) is 0 Å². The summed E-state index contributed by atoms with van der Waals surface area (Å²) in [6.45, 7) is 4.87. The van der Waals surface area contributed by atoms with Gasteiger partial charge >= 0.3 is 0 Å². The normalized spacial score (nSPS) is 10.4. The lowest BCUT2D eigenvalue weighted by Crippen LogP contribution is -2.00. The maximum atomic E-state index is 5.52. The first kappa shape index (κ1) is 10.8. The number of hydrogen-bond donors (Lipinski definition) is 1. The monoisotopic (exact) mass is 215 g/mol. The number of aryl methyl sites for hydroxylation is 2. The van der Waals surface area contributed by atoms with Crippen molar-refractivity contribution >= 4 is 5.69 Å². The van der Waals surface area contributed by atoms with Gasteiger partial charge in [-0.05, 0) is 37.1 Å². The Balaban J connectivity index is 2.04. The van der Waals surface area contributed by atoms with Crippen LogP contribution in [0.15, 0.2) is 40.8 Å². The Labute approximate surface area is 96.3 Å². The molecule has 2 heteroatoms. The summed E-state index contributed by atoms with van der Waals surface area (Å²) in [5.74, 6) is 1.93. The number of benzene rings is 1. The largest absolute Gasteiger partial charge is 0.465 e. The van der Waals surface area contributed by atoms with Crippen LogP contribution in [0.3, 0.4) is 0 Å². The van der Waals surface area contributed by atoms with Gasteiger partial charge in [-0.1, -0.05) is 25.1 Å². The van der Waals surface area contributed by atoms with Gasteiger partial charge in [0.15, 0.2) is 0 Å². The highest BCUT2D eigenvalue weighted by Gasteiger charge is 2.01. The SMILES string of the molecule is CCc1ccccc1NCc1ccc(C)o1. The predicted molar refractivity (Wildman–Crippen MR) is 66.6 cm³/mol. The highest BCUT2D eigenvalue weighted by molar-refractivity contribution is 5.51. The molecule has 2 aromatic rings. The second-order valence-corrected chi connectivity index (χ2v) is 3.88. The molecular weight excluding hydrogens is 198 g/mol. The smallest absolute Gasteiger partial charge is 0.123 e. The second kappa shape index (κ2) is 4.88. The lowest BCUT2D eigenvalue weighted by molar-refractivity contribution is 0.490. The Morgan fingerprint density at radius 1 is 1.12 bits per heavy atom. The molecule has 0 aliphatic heterocycles. The summed E-state index contributed by atoms with van der Waals surface area (Å²) in [5.41, 5.74) is 2.53. The van der Waals surface area contributed by atoms with E-state index in [-0.39, 0.29) is 0 Å². The summed E-state index contributed by atoms with van der Waals surface area (Å²) in [6, 6.07) is 12.4. The first-order chi connectivity index (χ1) is 7.79. The molecule has 84 valence electrons. The Morgan fingerprint density at radius 2 is 1.94 bits per heavy atom. The summed E-state index contributed by atoms with van der Waals surface area (Å²) in [7, 11) is 0. The van der Waals surface area contributed by atoms with Gasteiger partial charge in [-0.2, -0.15) is 0 Å². The van der Waals surface area contributed by atoms with Crippen molar-refractivity contribution in [3.8, 4) is 0 Å². The molecule has 0 aliphatic carbocycles. The van der Waals surface area contributed by atoms with E-state index in [2.05, 4.69) is 36.5 Å². The van der Waals surface area contributed by atoms with Crippen molar-refractivity contribution in [3.05, 3.63) is 53.5 Å². The van der Waals surface area contributed by atoms with Crippen LogP contribution in [0.4, 0.5) is 5.69 Å². The Morgan fingerprint density at radius 3 is 2.62 bits per heavy atom. The fraction of sp³-hybridized carbons (Fsp3) is 0.286. The molecule has 0 atom stereocenters. The number of hydrogen-bond acceptors (Lipinski definition) is 2. The minimum absolute atomic E-state index is 0.741. The Hall–Kier alpha value is -1.70. The van der Waals surface area contributed by atoms with E-state index >= 15 is 0 Å². The Bertz CT molecular complexity index is 459. The lowest BCUT2D eigenvalue weighted by atomic mass is 10.1. The molecule has 0 radical (unpaired) electrons. The van der Waals surface area contributed by atoms with Gasteiger partial charge in [0.1, 0.15) is 11.5 Å². The molecule has 0 spiro atoms. The number of para-hydroxylation sites is 1. The molecule has 2 rings (SSSR count). The van der Waals surface area contributed by atoms with Crippen LogP contribution in [0.1, 0.15) is 24.0 Å². The minimum atomic E-state index is 0.741. The molecule has 0 unspecified atom stereocenters. The zero-order valence-corrected chi connectivity index (χ0v) is 9.79. The van der Waals surface area contributed by atoms with Crippen LogP contribution in [-0.2, 0) is 13.0 Å². The van der Waals surface area contributed by atoms with Crippen molar-refractivity contribution in [2.45, 2.75) is 26.8 Å². The summed E-state index contributed by atoms with van der Waals surface area (Å²) < 4.78 is 5.52. The topological polar surface area (TPSA) is 25.2 Å². The van der Waals surface area contributed by atoms with Crippen LogP contribution in [0.2, 0.25) is 0 Å². The molecule has 1 aromatic heterocycles. The van der Waals surface area contributed by atoms with Gasteiger partial charge in [0.2, 0.25) is 0 Å². The average molecular weight is 215 g/mol. The maximum Gasteiger partial charge on any atom is 0.123 e. The second-order valence-electron chi connectivity index (χ2n) is 3.88. The zero-order chi connectivity index (χ0) is 11.4. The molecule has 0 amide bonds. The van der Waals surface area contributed by atoms with Gasteiger partial charge < -0.3 is 9.73 Å². The van der Waals surface area contributed by atoms with Crippen molar-refractivity contribution in [3.63, 3.8) is 0 Å². The molecule has 0 saturated heterocycles. The molecule has 0 aliphatic rings. The number of nitrogens with one attached hydrogen (secondary N) is 1. The first-order valence-electron chi connectivity index (χ1n) is 5.66. The van der Waals surface area contributed by atoms with Crippen molar-refractivity contribution in [2.24, 2.45) is 0 Å². The predicted octanol–water partition coefficient (Wildman–Crippen LogP) is 3.76. The number of furan rings is 1. The molecule has 0 bridgehead atoms. The molecular formula is C14H17NO. The van der Waals surface area contributed by atoms with E-state index in [1.165, 1.54) is 11.3 Å². The first-order valence-corrected chi connectivity index (χ1v) is 5.66. The molecule has 1 heterocycles. The summed E-state index contributed by atoms with van der Waals surface area (Å²) in [4.78, 5) is 0. The third-order valence-electron chi connectivity index (χ3n) is 2.65. The number of rotatable bonds is 4. The van der Waals surface area contributed by atoms with Gasteiger partial charge in [0.25, 0.3) is 0 Å². The average Bonchev–Trinajstić information content (AvgIpc) is 2.73. The summed E-state index contributed by atoms with van der Waals surface area (Å²) in [6.07, 6.45) is 1.04. The van der Waals surface area contributed by atoms with Gasteiger partial charge in [0.05, 0.1) is 6.54 Å². The van der Waals surface area contributed by atoms with Crippen molar-refractivity contribution in [1.29, 1.82) is 0 Å². The van der Waals surface area contributed by atoms with Crippen LogP contribution in [0.25, 0.3) is 0 Å². The van der Waals surface area contributed by atoms with E-state index < -0.39 is 0 Å². The van der Waals surface area contributed by atoms with Crippen LogP contribution < -0.4 is 5.32 Å². The van der Waals surface area contributed by atoms with Gasteiger partial charge in [-0.25, -0.2) is 0 Å². The molecule has 16 heavy (non-hydrogen) atoms. The van der Waals surface area contributed by atoms with E-state index in [1.54, 1.807) is 0 Å². The van der Waals surface area contributed by atoms with Crippen molar-refractivity contribution < 1.29 is 4.42 Å². The summed E-state index contributed by atoms with van der Waals surface area (Å²) in [5, 5.41) is 3.40. The molecule has 1 aromatic carbocycles. The fourth-order valence-electron chi connectivity index (χ4n) is 1.76. The van der Waals surface area contributed by atoms with E-state index in [4.69, 9.17) is 4.42 Å². The summed E-state index contributed by atoms with van der Waals surface area (Å²) >= 11 is 0. The van der Waals surface area contributed by atoms with Crippen molar-refractivity contribution in [2.75, 3.05) is 5.32 Å². The van der Waals surface area contributed by atoms with Crippen molar-refractivity contribution in [1.82, 2.24) is 0 Å². The maximum absolute atomic E-state index is 5.52. The lowest BCUT2D eigenvalue weighted by Gasteiger charge is -2.09. The number of anilines is 1. The van der Waals surface area contributed by atoms with E-state index in [1.807, 2.05) is 19.1 Å². The van der Waals surface area contributed by atoms with E-state index in [9.17, 15) is 0 Å². The zero-order valence-electron chi connectivity index (χ0n) is 9.79. The quantitative estimate of drug-likeness (QED) is 0.840. The molecule has 0 fully saturated rings. The minimum Gasteiger partial charge on any atom is -0.465 e. The fourth-order valence-corrected chi connectivity index (χ4v) is 1.76. The van der Waals surface area contributed by atoms with Crippen LogP contribution in [0, 0.1) is 6.92 Å².